The number of aromatic nitrogens is 1. The number of benzene rings is 1. The standard InChI is InChI=1S/C14H15NO3/c1-3-4-13(16)12-7-9-5-6-10(14(17)18-2)8-11(9)15-12/h5-8,15H,3-4H2,1-2H3. The summed E-state index contributed by atoms with van der Waals surface area (Å²) >= 11 is 0. The number of ether oxygens (including phenoxy) is 1. The maximum Gasteiger partial charge on any atom is 0.337 e. The molecule has 0 radical (unpaired) electrons. The van der Waals surface area contributed by atoms with Gasteiger partial charge in [0.05, 0.1) is 18.4 Å². The number of fused-ring (bicyclic) bond motifs is 1. The number of esters is 1. The fourth-order valence-electron chi connectivity index (χ4n) is 1.88. The smallest absolute Gasteiger partial charge is 0.337 e. The summed E-state index contributed by atoms with van der Waals surface area (Å²) in [5.74, 6) is -0.291. The molecule has 0 atom stereocenters. The van der Waals surface area contributed by atoms with Crippen LogP contribution in [0.3, 0.4) is 0 Å². The van der Waals surface area contributed by atoms with Crippen LogP contribution in [0.15, 0.2) is 24.3 Å². The quantitative estimate of drug-likeness (QED) is 0.665. The first-order chi connectivity index (χ1) is 8.65. The summed E-state index contributed by atoms with van der Waals surface area (Å²) in [7, 11) is 1.34. The van der Waals surface area contributed by atoms with E-state index in [0.717, 1.165) is 17.3 Å². The first-order valence-corrected chi connectivity index (χ1v) is 5.90. The summed E-state index contributed by atoms with van der Waals surface area (Å²) in [6.45, 7) is 1.97. The van der Waals surface area contributed by atoms with Gasteiger partial charge in [0.1, 0.15) is 0 Å². The Hall–Kier alpha value is -2.10. The van der Waals surface area contributed by atoms with Gasteiger partial charge in [0.15, 0.2) is 5.78 Å². The third kappa shape index (κ3) is 2.27. The first-order valence-electron chi connectivity index (χ1n) is 5.90. The number of carbonyl (C=O) groups is 2. The van der Waals surface area contributed by atoms with Crippen molar-refractivity contribution in [3.05, 3.63) is 35.5 Å². The minimum Gasteiger partial charge on any atom is -0.465 e. The predicted octanol–water partition coefficient (Wildman–Crippen LogP) is 2.94. The average molecular weight is 245 g/mol. The Morgan fingerprint density at radius 1 is 1.28 bits per heavy atom. The Labute approximate surface area is 105 Å². The van der Waals surface area contributed by atoms with E-state index in [9.17, 15) is 9.59 Å². The van der Waals surface area contributed by atoms with Crippen molar-refractivity contribution in [3.63, 3.8) is 0 Å². The number of hydrogen-bond donors (Lipinski definition) is 1. The van der Waals surface area contributed by atoms with Gasteiger partial charge in [0.25, 0.3) is 0 Å². The summed E-state index contributed by atoms with van der Waals surface area (Å²) in [6, 6.07) is 7.01. The van der Waals surface area contributed by atoms with Crippen molar-refractivity contribution < 1.29 is 14.3 Å². The Morgan fingerprint density at radius 2 is 2.06 bits per heavy atom. The van der Waals surface area contributed by atoms with Crippen LogP contribution in [0.25, 0.3) is 10.9 Å². The number of rotatable bonds is 4. The zero-order valence-corrected chi connectivity index (χ0v) is 10.4. The molecule has 94 valence electrons. The van der Waals surface area contributed by atoms with Gasteiger partial charge < -0.3 is 9.72 Å². The normalized spacial score (nSPS) is 10.6. The zero-order valence-electron chi connectivity index (χ0n) is 10.4. The van der Waals surface area contributed by atoms with Crippen molar-refractivity contribution in [2.75, 3.05) is 7.11 Å². The third-order valence-corrected chi connectivity index (χ3v) is 2.82. The van der Waals surface area contributed by atoms with Crippen LogP contribution in [0.5, 0.6) is 0 Å². The van der Waals surface area contributed by atoms with Crippen LogP contribution in [0.1, 0.15) is 40.6 Å². The van der Waals surface area contributed by atoms with Crippen molar-refractivity contribution in [2.45, 2.75) is 19.8 Å². The maximum atomic E-state index is 11.8. The molecule has 2 rings (SSSR count). The molecule has 1 aromatic heterocycles. The van der Waals surface area contributed by atoms with Crippen LogP contribution >= 0.6 is 0 Å². The van der Waals surface area contributed by atoms with Crippen molar-refractivity contribution in [1.82, 2.24) is 4.98 Å². The number of methoxy groups -OCH3 is 1. The summed E-state index contributed by atoms with van der Waals surface area (Å²) in [5, 5.41) is 0.919. The highest BCUT2D eigenvalue weighted by Crippen LogP contribution is 2.19. The Bertz CT molecular complexity index is 598. The lowest BCUT2D eigenvalue weighted by atomic mass is 10.1. The summed E-state index contributed by atoms with van der Waals surface area (Å²) < 4.78 is 4.66. The molecule has 0 amide bonds. The second kappa shape index (κ2) is 5.04. The molecule has 1 heterocycles. The average Bonchev–Trinajstić information content (AvgIpc) is 2.80. The van der Waals surface area contributed by atoms with E-state index < -0.39 is 0 Å². The number of nitrogens with one attached hydrogen (secondary N) is 1. The van der Waals surface area contributed by atoms with E-state index in [1.165, 1.54) is 7.11 Å². The minimum absolute atomic E-state index is 0.0910. The number of carbonyl (C=O) groups excluding carboxylic acids is 2. The van der Waals surface area contributed by atoms with Crippen LogP contribution in [-0.4, -0.2) is 23.8 Å². The zero-order chi connectivity index (χ0) is 13.1. The molecule has 0 unspecified atom stereocenters. The molecule has 4 heteroatoms. The van der Waals surface area contributed by atoms with E-state index in [1.807, 2.05) is 13.0 Å². The molecule has 0 saturated carbocycles. The molecule has 0 fully saturated rings. The second-order valence-corrected chi connectivity index (χ2v) is 4.15. The van der Waals surface area contributed by atoms with E-state index in [2.05, 4.69) is 9.72 Å². The molecule has 0 bridgehead atoms. The first kappa shape index (κ1) is 12.4. The lowest BCUT2D eigenvalue weighted by Gasteiger charge is -1.98. The van der Waals surface area contributed by atoms with Gasteiger partial charge in [0.2, 0.25) is 0 Å². The van der Waals surface area contributed by atoms with Gasteiger partial charge in [-0.25, -0.2) is 4.79 Å². The maximum absolute atomic E-state index is 11.8. The lowest BCUT2D eigenvalue weighted by Crippen LogP contribution is -2.00. The second-order valence-electron chi connectivity index (χ2n) is 4.15. The van der Waals surface area contributed by atoms with Crippen LogP contribution < -0.4 is 0 Å². The molecule has 0 aliphatic carbocycles. The molecule has 2 aromatic rings. The molecule has 0 saturated heterocycles. The molecular weight excluding hydrogens is 230 g/mol. The van der Waals surface area contributed by atoms with Gasteiger partial charge in [0, 0.05) is 17.3 Å². The number of hydrogen-bond acceptors (Lipinski definition) is 3. The van der Waals surface area contributed by atoms with Gasteiger partial charge in [-0.2, -0.15) is 0 Å². The summed E-state index contributed by atoms with van der Waals surface area (Å²) in [6.07, 6.45) is 1.35. The van der Waals surface area contributed by atoms with Crippen molar-refractivity contribution in [1.29, 1.82) is 0 Å². The van der Waals surface area contributed by atoms with Crippen molar-refractivity contribution >= 4 is 22.7 Å². The van der Waals surface area contributed by atoms with Crippen LogP contribution in [-0.2, 0) is 4.74 Å². The van der Waals surface area contributed by atoms with E-state index in [1.54, 1.807) is 18.2 Å². The molecule has 18 heavy (non-hydrogen) atoms. The van der Waals surface area contributed by atoms with E-state index in [4.69, 9.17) is 0 Å². The summed E-state index contributed by atoms with van der Waals surface area (Å²) in [5.41, 5.74) is 1.84. The molecule has 0 aliphatic rings. The van der Waals surface area contributed by atoms with E-state index >= 15 is 0 Å². The molecule has 1 aromatic carbocycles. The molecule has 4 nitrogen and oxygen atoms in total. The van der Waals surface area contributed by atoms with Gasteiger partial charge in [-0.05, 0) is 24.6 Å². The molecule has 0 aliphatic heterocycles. The molecule has 1 N–H and O–H groups in total. The van der Waals surface area contributed by atoms with Gasteiger partial charge in [-0.1, -0.05) is 13.0 Å². The van der Waals surface area contributed by atoms with E-state index in [-0.39, 0.29) is 11.8 Å². The van der Waals surface area contributed by atoms with Crippen LogP contribution in [0.4, 0.5) is 0 Å². The Balaban J connectivity index is 2.39. The lowest BCUT2D eigenvalue weighted by molar-refractivity contribution is 0.0600. The van der Waals surface area contributed by atoms with E-state index in [0.29, 0.717) is 17.7 Å². The summed E-state index contributed by atoms with van der Waals surface area (Å²) in [4.78, 5) is 26.2. The minimum atomic E-state index is -0.382. The number of Topliss-reactive ketones (excluding diaryl/α,β-unsaturated/α-hetero) is 1. The SMILES string of the molecule is CCCC(=O)c1cc2ccc(C(=O)OC)cc2[nH]1. The van der Waals surface area contributed by atoms with Crippen LogP contribution in [0, 0.1) is 0 Å². The topological polar surface area (TPSA) is 59.2 Å². The fraction of sp³-hybridized carbons (Fsp3) is 0.286. The highest BCUT2D eigenvalue weighted by Gasteiger charge is 2.11. The van der Waals surface area contributed by atoms with Crippen molar-refractivity contribution in [3.8, 4) is 0 Å². The molecule has 0 spiro atoms. The highest BCUT2D eigenvalue weighted by molar-refractivity contribution is 6.01. The highest BCUT2D eigenvalue weighted by atomic mass is 16.5. The molecular formula is C14H15NO3. The van der Waals surface area contributed by atoms with Crippen LogP contribution in [0.2, 0.25) is 0 Å². The number of H-pyrrole nitrogens is 1. The van der Waals surface area contributed by atoms with Gasteiger partial charge in [-0.15, -0.1) is 0 Å². The monoisotopic (exact) mass is 245 g/mol. The third-order valence-electron chi connectivity index (χ3n) is 2.82. The Kier molecular flexibility index (Phi) is 3.46. The van der Waals surface area contributed by atoms with Gasteiger partial charge in [-0.3, -0.25) is 4.79 Å². The number of ketones is 1. The van der Waals surface area contributed by atoms with Gasteiger partial charge >= 0.3 is 5.97 Å². The largest absolute Gasteiger partial charge is 0.465 e. The predicted molar refractivity (Wildman–Crippen MR) is 68.9 cm³/mol. The fourth-order valence-corrected chi connectivity index (χ4v) is 1.88. The van der Waals surface area contributed by atoms with Crippen molar-refractivity contribution in [2.24, 2.45) is 0 Å². The number of aromatic amines is 1. The Morgan fingerprint density at radius 3 is 2.72 bits per heavy atom.